The highest BCUT2D eigenvalue weighted by molar-refractivity contribution is 6.22. The Morgan fingerprint density at radius 2 is 1.69 bits per heavy atom. The molecule has 8 heteroatoms. The summed E-state index contributed by atoms with van der Waals surface area (Å²) in [7, 11) is 0. The Hall–Kier alpha value is -3.29. The Morgan fingerprint density at radius 3 is 2.34 bits per heavy atom. The van der Waals surface area contributed by atoms with Crippen molar-refractivity contribution in [2.75, 3.05) is 24.5 Å². The first-order valence-electron chi connectivity index (χ1n) is 9.84. The summed E-state index contributed by atoms with van der Waals surface area (Å²) in [6.07, 6.45) is 3.53. The molecule has 4 rings (SSSR count). The van der Waals surface area contributed by atoms with E-state index in [2.05, 4.69) is 20.2 Å². The van der Waals surface area contributed by atoms with Crippen molar-refractivity contribution in [3.05, 3.63) is 53.0 Å². The molecule has 150 valence electrons. The zero-order valence-electron chi connectivity index (χ0n) is 16.4. The maximum absolute atomic E-state index is 12.4. The number of fused-ring (bicyclic) bond motifs is 1. The van der Waals surface area contributed by atoms with Crippen LogP contribution in [0.2, 0.25) is 0 Å². The largest absolute Gasteiger partial charge is 0.357 e. The average Bonchev–Trinajstić information content (AvgIpc) is 2.98. The van der Waals surface area contributed by atoms with Crippen LogP contribution in [0.1, 0.15) is 51.5 Å². The molecule has 0 unspecified atom stereocenters. The zero-order chi connectivity index (χ0) is 20.4. The fourth-order valence-electron chi connectivity index (χ4n) is 3.74. The predicted molar refractivity (Wildman–Crippen MR) is 106 cm³/mol. The number of aromatic nitrogens is 2. The lowest BCUT2D eigenvalue weighted by molar-refractivity contribution is -0.121. The number of amides is 3. The van der Waals surface area contributed by atoms with E-state index in [4.69, 9.17) is 0 Å². The van der Waals surface area contributed by atoms with E-state index in [-0.39, 0.29) is 13.1 Å². The van der Waals surface area contributed by atoms with Gasteiger partial charge in [0.15, 0.2) is 0 Å². The second-order valence-corrected chi connectivity index (χ2v) is 7.35. The predicted octanol–water partition coefficient (Wildman–Crippen LogP) is 1.69. The molecule has 2 aliphatic heterocycles. The molecule has 2 aromatic rings. The van der Waals surface area contributed by atoms with Gasteiger partial charge in [-0.05, 0) is 38.3 Å². The van der Waals surface area contributed by atoms with Crippen molar-refractivity contribution < 1.29 is 14.4 Å². The van der Waals surface area contributed by atoms with Gasteiger partial charge < -0.3 is 10.2 Å². The lowest BCUT2D eigenvalue weighted by Gasteiger charge is -2.28. The molecule has 1 aromatic heterocycles. The molecule has 1 N–H and O–H groups in total. The zero-order valence-corrected chi connectivity index (χ0v) is 16.4. The Balaban J connectivity index is 1.38. The van der Waals surface area contributed by atoms with Crippen LogP contribution in [-0.2, 0) is 11.3 Å². The smallest absolute Gasteiger partial charge is 0.262 e. The van der Waals surface area contributed by atoms with E-state index in [9.17, 15) is 14.4 Å². The summed E-state index contributed by atoms with van der Waals surface area (Å²) >= 11 is 0. The first-order chi connectivity index (χ1) is 14.0. The van der Waals surface area contributed by atoms with Crippen LogP contribution in [0.25, 0.3) is 0 Å². The van der Waals surface area contributed by atoms with Gasteiger partial charge in [0.2, 0.25) is 5.91 Å². The number of piperidine rings is 1. The minimum Gasteiger partial charge on any atom is -0.357 e. The molecule has 1 fully saturated rings. The van der Waals surface area contributed by atoms with Gasteiger partial charge in [0.25, 0.3) is 11.8 Å². The van der Waals surface area contributed by atoms with Crippen LogP contribution in [0.15, 0.2) is 30.3 Å². The summed E-state index contributed by atoms with van der Waals surface area (Å²) in [4.78, 5) is 49.3. The monoisotopic (exact) mass is 393 g/mol. The van der Waals surface area contributed by atoms with Gasteiger partial charge >= 0.3 is 0 Å². The number of rotatable bonds is 5. The lowest BCUT2D eigenvalue weighted by Crippen LogP contribution is -2.40. The second-order valence-electron chi connectivity index (χ2n) is 7.35. The van der Waals surface area contributed by atoms with E-state index in [1.54, 1.807) is 24.3 Å². The van der Waals surface area contributed by atoms with Crippen molar-refractivity contribution in [1.29, 1.82) is 0 Å². The molecule has 3 heterocycles. The summed E-state index contributed by atoms with van der Waals surface area (Å²) in [5, 5.41) is 2.72. The van der Waals surface area contributed by atoms with Crippen molar-refractivity contribution >= 4 is 23.5 Å². The Labute approximate surface area is 168 Å². The molecule has 2 aliphatic rings. The molecule has 1 saturated heterocycles. The van der Waals surface area contributed by atoms with Crippen LogP contribution >= 0.6 is 0 Å². The topological polar surface area (TPSA) is 95.5 Å². The molecule has 1 aromatic carbocycles. The maximum atomic E-state index is 12.4. The van der Waals surface area contributed by atoms with Gasteiger partial charge in [-0.2, -0.15) is 0 Å². The number of imide groups is 1. The SMILES string of the molecule is Cc1cc(N2CCCCC2)nc(CNC(=O)CN2C(=O)c3ccccc3C2=O)n1. The molecule has 0 aliphatic carbocycles. The van der Waals surface area contributed by atoms with Gasteiger partial charge in [-0.25, -0.2) is 9.97 Å². The minimum atomic E-state index is -0.444. The highest BCUT2D eigenvalue weighted by Gasteiger charge is 2.36. The van der Waals surface area contributed by atoms with Gasteiger partial charge in [0.05, 0.1) is 17.7 Å². The van der Waals surface area contributed by atoms with Crippen molar-refractivity contribution in [1.82, 2.24) is 20.2 Å². The Morgan fingerprint density at radius 1 is 1.03 bits per heavy atom. The first-order valence-corrected chi connectivity index (χ1v) is 9.84. The number of nitrogens with one attached hydrogen (secondary N) is 1. The van der Waals surface area contributed by atoms with E-state index in [1.165, 1.54) is 6.42 Å². The summed E-state index contributed by atoms with van der Waals surface area (Å²) in [5.41, 5.74) is 1.50. The highest BCUT2D eigenvalue weighted by Crippen LogP contribution is 2.22. The molecule has 0 saturated carbocycles. The Bertz CT molecular complexity index is 934. The molecular weight excluding hydrogens is 370 g/mol. The number of carbonyl (C=O) groups is 3. The van der Waals surface area contributed by atoms with Crippen molar-refractivity contribution in [3.8, 4) is 0 Å². The lowest BCUT2D eigenvalue weighted by atomic mass is 10.1. The normalized spacial score (nSPS) is 16.2. The average molecular weight is 393 g/mol. The molecular formula is C21H23N5O3. The molecule has 0 spiro atoms. The quantitative estimate of drug-likeness (QED) is 0.777. The third-order valence-electron chi connectivity index (χ3n) is 5.19. The summed E-state index contributed by atoms with van der Waals surface area (Å²) in [6, 6.07) is 8.53. The summed E-state index contributed by atoms with van der Waals surface area (Å²) in [6.45, 7) is 3.67. The fraction of sp³-hybridized carbons (Fsp3) is 0.381. The van der Waals surface area contributed by atoms with Crippen LogP contribution in [0.4, 0.5) is 5.82 Å². The van der Waals surface area contributed by atoms with Crippen LogP contribution in [-0.4, -0.2) is 52.2 Å². The maximum Gasteiger partial charge on any atom is 0.262 e. The summed E-state index contributed by atoms with van der Waals surface area (Å²) < 4.78 is 0. The molecule has 0 radical (unpaired) electrons. The molecule has 29 heavy (non-hydrogen) atoms. The van der Waals surface area contributed by atoms with Crippen molar-refractivity contribution in [2.24, 2.45) is 0 Å². The van der Waals surface area contributed by atoms with E-state index >= 15 is 0 Å². The van der Waals surface area contributed by atoms with E-state index in [1.807, 2.05) is 13.0 Å². The minimum absolute atomic E-state index is 0.143. The molecule has 0 atom stereocenters. The van der Waals surface area contributed by atoms with Crippen molar-refractivity contribution in [3.63, 3.8) is 0 Å². The van der Waals surface area contributed by atoms with Gasteiger partial charge in [0.1, 0.15) is 18.2 Å². The van der Waals surface area contributed by atoms with Crippen LogP contribution in [0.5, 0.6) is 0 Å². The van der Waals surface area contributed by atoms with E-state index in [0.29, 0.717) is 17.0 Å². The van der Waals surface area contributed by atoms with Crippen LogP contribution in [0.3, 0.4) is 0 Å². The van der Waals surface area contributed by atoms with Crippen molar-refractivity contribution in [2.45, 2.75) is 32.7 Å². The number of anilines is 1. The van der Waals surface area contributed by atoms with Crippen LogP contribution in [0, 0.1) is 6.92 Å². The summed E-state index contributed by atoms with van der Waals surface area (Å²) in [5.74, 6) is 0.0760. The molecule has 8 nitrogen and oxygen atoms in total. The van der Waals surface area contributed by atoms with E-state index in [0.717, 1.165) is 42.3 Å². The number of hydrogen-bond donors (Lipinski definition) is 1. The van der Waals surface area contributed by atoms with E-state index < -0.39 is 17.7 Å². The number of benzene rings is 1. The fourth-order valence-corrected chi connectivity index (χ4v) is 3.74. The number of nitrogens with zero attached hydrogens (tertiary/aromatic N) is 4. The Kier molecular flexibility index (Phi) is 5.24. The highest BCUT2D eigenvalue weighted by atomic mass is 16.2. The number of hydrogen-bond acceptors (Lipinski definition) is 6. The third kappa shape index (κ3) is 3.96. The molecule has 0 bridgehead atoms. The molecule has 3 amide bonds. The standard InChI is InChI=1S/C21H23N5O3/c1-14-11-18(25-9-5-2-6-10-25)24-17(23-14)12-22-19(27)13-26-20(28)15-7-3-4-8-16(15)21(26)29/h3-4,7-8,11H,2,5-6,9-10,12-13H2,1H3,(H,22,27). The first kappa shape index (κ1) is 19.0. The van der Waals surface area contributed by atoms with Gasteiger partial charge in [-0.1, -0.05) is 12.1 Å². The number of aryl methyl sites for hydroxylation is 1. The number of carbonyl (C=O) groups excluding carboxylic acids is 3. The second kappa shape index (κ2) is 7.98. The van der Waals surface area contributed by atoms with Gasteiger partial charge in [-0.15, -0.1) is 0 Å². The third-order valence-corrected chi connectivity index (χ3v) is 5.19. The van der Waals surface area contributed by atoms with Gasteiger partial charge in [0, 0.05) is 24.8 Å². The van der Waals surface area contributed by atoms with Gasteiger partial charge in [-0.3, -0.25) is 19.3 Å². The van der Waals surface area contributed by atoms with Crippen LogP contribution < -0.4 is 10.2 Å².